The van der Waals surface area contributed by atoms with Gasteiger partial charge in [-0.25, -0.2) is 0 Å². The van der Waals surface area contributed by atoms with Gasteiger partial charge in [-0.1, -0.05) is 66.2 Å². The van der Waals surface area contributed by atoms with Crippen LogP contribution in [0, 0.1) is 6.92 Å². The van der Waals surface area contributed by atoms with Crippen molar-refractivity contribution < 1.29 is 14.3 Å². The highest BCUT2D eigenvalue weighted by Gasteiger charge is 2.23. The number of benzene rings is 4. The lowest BCUT2D eigenvalue weighted by Gasteiger charge is -2.18. The Bertz CT molecular complexity index is 1320. The Morgan fingerprint density at radius 1 is 0.800 bits per heavy atom. The standard InChI is InChI=1S/C29H26N2O3S/c1-20-10-8-13-22(18-20)28(32)30-23-14-9-15-24(19-23)35-27(21-11-4-3-5-12-21)29(33)31-25-16-6-7-17-26(25)34-2/h3-19,27H,1-2H3,(H,30,32)(H,31,33). The van der Waals surface area contributed by atoms with E-state index in [0.717, 1.165) is 16.0 Å². The number of rotatable bonds is 8. The van der Waals surface area contributed by atoms with Gasteiger partial charge < -0.3 is 15.4 Å². The summed E-state index contributed by atoms with van der Waals surface area (Å²) in [6.45, 7) is 1.95. The van der Waals surface area contributed by atoms with Gasteiger partial charge in [0, 0.05) is 16.1 Å². The molecule has 0 radical (unpaired) electrons. The van der Waals surface area contributed by atoms with Crippen molar-refractivity contribution in [3.8, 4) is 5.75 Å². The highest BCUT2D eigenvalue weighted by Crippen LogP contribution is 2.38. The Balaban J connectivity index is 1.55. The van der Waals surface area contributed by atoms with Crippen molar-refractivity contribution in [2.24, 2.45) is 0 Å². The second-order valence-electron chi connectivity index (χ2n) is 7.95. The van der Waals surface area contributed by atoms with E-state index in [-0.39, 0.29) is 11.8 Å². The third kappa shape index (κ3) is 6.31. The van der Waals surface area contributed by atoms with Crippen LogP contribution in [0.3, 0.4) is 0 Å². The normalized spacial score (nSPS) is 11.4. The molecule has 0 saturated heterocycles. The van der Waals surface area contributed by atoms with E-state index in [9.17, 15) is 9.59 Å². The molecule has 0 bridgehead atoms. The second kappa shape index (κ2) is 11.4. The number of carbonyl (C=O) groups is 2. The van der Waals surface area contributed by atoms with E-state index in [1.807, 2.05) is 97.9 Å². The Hall–Kier alpha value is -4.03. The molecule has 0 aliphatic carbocycles. The van der Waals surface area contributed by atoms with Gasteiger partial charge in [0.1, 0.15) is 11.0 Å². The van der Waals surface area contributed by atoms with Crippen LogP contribution in [0.1, 0.15) is 26.7 Å². The first-order chi connectivity index (χ1) is 17.0. The predicted molar refractivity (Wildman–Crippen MR) is 142 cm³/mol. The fourth-order valence-corrected chi connectivity index (χ4v) is 4.70. The number of ether oxygens (including phenoxy) is 1. The molecule has 4 aromatic carbocycles. The fraction of sp³-hybridized carbons (Fsp3) is 0.103. The number of para-hydroxylation sites is 2. The number of hydrogen-bond donors (Lipinski definition) is 2. The number of aryl methyl sites for hydroxylation is 1. The van der Waals surface area contributed by atoms with E-state index >= 15 is 0 Å². The van der Waals surface area contributed by atoms with E-state index in [2.05, 4.69) is 10.6 Å². The minimum Gasteiger partial charge on any atom is -0.495 e. The molecular formula is C29H26N2O3S. The van der Waals surface area contributed by atoms with Crippen molar-refractivity contribution in [3.05, 3.63) is 120 Å². The molecule has 0 aliphatic rings. The first kappa shape index (κ1) is 24.1. The van der Waals surface area contributed by atoms with Gasteiger partial charge in [0.05, 0.1) is 12.8 Å². The summed E-state index contributed by atoms with van der Waals surface area (Å²) in [6.07, 6.45) is 0. The average molecular weight is 483 g/mol. The van der Waals surface area contributed by atoms with Gasteiger partial charge in [-0.15, -0.1) is 11.8 Å². The monoisotopic (exact) mass is 482 g/mol. The zero-order valence-electron chi connectivity index (χ0n) is 19.5. The lowest BCUT2D eigenvalue weighted by Crippen LogP contribution is -2.19. The van der Waals surface area contributed by atoms with Gasteiger partial charge in [-0.05, 0) is 55.0 Å². The molecule has 0 aromatic heterocycles. The van der Waals surface area contributed by atoms with Gasteiger partial charge in [0.2, 0.25) is 5.91 Å². The molecule has 0 fully saturated rings. The number of methoxy groups -OCH3 is 1. The molecule has 35 heavy (non-hydrogen) atoms. The van der Waals surface area contributed by atoms with Crippen molar-refractivity contribution in [2.45, 2.75) is 17.1 Å². The smallest absolute Gasteiger partial charge is 0.255 e. The number of anilines is 2. The summed E-state index contributed by atoms with van der Waals surface area (Å²) in [5.74, 6) is 0.253. The Kier molecular flexibility index (Phi) is 7.85. The van der Waals surface area contributed by atoms with Crippen molar-refractivity contribution in [2.75, 3.05) is 17.7 Å². The van der Waals surface area contributed by atoms with Gasteiger partial charge >= 0.3 is 0 Å². The highest BCUT2D eigenvalue weighted by atomic mass is 32.2. The summed E-state index contributed by atoms with van der Waals surface area (Å²) in [4.78, 5) is 27.0. The summed E-state index contributed by atoms with van der Waals surface area (Å²) in [6, 6.07) is 31.9. The topological polar surface area (TPSA) is 67.4 Å². The van der Waals surface area contributed by atoms with E-state index < -0.39 is 5.25 Å². The second-order valence-corrected chi connectivity index (χ2v) is 9.13. The molecule has 5 nitrogen and oxygen atoms in total. The van der Waals surface area contributed by atoms with Crippen molar-refractivity contribution in [3.63, 3.8) is 0 Å². The van der Waals surface area contributed by atoms with Crippen LogP contribution in [0.5, 0.6) is 5.75 Å². The molecule has 0 heterocycles. The maximum absolute atomic E-state index is 13.4. The molecule has 1 atom stereocenters. The third-order valence-corrected chi connectivity index (χ3v) is 6.58. The van der Waals surface area contributed by atoms with Gasteiger partial charge in [0.25, 0.3) is 5.91 Å². The largest absolute Gasteiger partial charge is 0.495 e. The van der Waals surface area contributed by atoms with Crippen LogP contribution in [0.2, 0.25) is 0 Å². The summed E-state index contributed by atoms with van der Waals surface area (Å²) >= 11 is 1.42. The van der Waals surface area contributed by atoms with Crippen LogP contribution in [0.4, 0.5) is 11.4 Å². The molecule has 4 aromatic rings. The van der Waals surface area contributed by atoms with Gasteiger partial charge in [-0.2, -0.15) is 0 Å². The van der Waals surface area contributed by atoms with Crippen LogP contribution < -0.4 is 15.4 Å². The highest BCUT2D eigenvalue weighted by molar-refractivity contribution is 8.00. The zero-order chi connectivity index (χ0) is 24.6. The van der Waals surface area contributed by atoms with Crippen LogP contribution in [-0.2, 0) is 4.79 Å². The molecule has 0 saturated carbocycles. The van der Waals surface area contributed by atoms with Crippen molar-refractivity contribution >= 4 is 35.0 Å². The number of thioether (sulfide) groups is 1. The number of nitrogens with one attached hydrogen (secondary N) is 2. The zero-order valence-corrected chi connectivity index (χ0v) is 20.3. The molecule has 1 unspecified atom stereocenters. The third-order valence-electron chi connectivity index (χ3n) is 5.33. The molecule has 2 amide bonds. The quantitative estimate of drug-likeness (QED) is 0.273. The Morgan fingerprint density at radius 2 is 1.54 bits per heavy atom. The summed E-state index contributed by atoms with van der Waals surface area (Å²) in [5.41, 5.74) is 3.77. The maximum Gasteiger partial charge on any atom is 0.255 e. The molecule has 2 N–H and O–H groups in total. The van der Waals surface area contributed by atoms with Crippen LogP contribution in [0.15, 0.2) is 108 Å². The van der Waals surface area contributed by atoms with Crippen LogP contribution in [0.25, 0.3) is 0 Å². The number of amides is 2. The molecule has 0 aliphatic heterocycles. The van der Waals surface area contributed by atoms with Crippen LogP contribution in [-0.4, -0.2) is 18.9 Å². The Labute approximate surface area is 209 Å². The summed E-state index contributed by atoms with van der Waals surface area (Å²) in [7, 11) is 1.57. The molecular weight excluding hydrogens is 456 g/mol. The lowest BCUT2D eigenvalue weighted by molar-refractivity contribution is -0.115. The SMILES string of the molecule is COc1ccccc1NC(=O)C(Sc1cccc(NC(=O)c2cccc(C)c2)c1)c1ccccc1. The van der Waals surface area contributed by atoms with Crippen LogP contribution >= 0.6 is 11.8 Å². The van der Waals surface area contributed by atoms with E-state index in [1.54, 1.807) is 19.2 Å². The first-order valence-electron chi connectivity index (χ1n) is 11.2. The minimum atomic E-state index is -0.510. The number of carbonyl (C=O) groups excluding carboxylic acids is 2. The molecule has 4 rings (SSSR count). The van der Waals surface area contributed by atoms with E-state index in [0.29, 0.717) is 22.7 Å². The first-order valence-corrected chi connectivity index (χ1v) is 12.0. The van der Waals surface area contributed by atoms with Crippen molar-refractivity contribution in [1.82, 2.24) is 0 Å². The fourth-order valence-electron chi connectivity index (χ4n) is 3.62. The summed E-state index contributed by atoms with van der Waals surface area (Å²) in [5, 5.41) is 5.44. The average Bonchev–Trinajstić information content (AvgIpc) is 2.88. The van der Waals surface area contributed by atoms with Crippen molar-refractivity contribution in [1.29, 1.82) is 0 Å². The van der Waals surface area contributed by atoms with E-state index in [1.165, 1.54) is 11.8 Å². The maximum atomic E-state index is 13.4. The lowest BCUT2D eigenvalue weighted by atomic mass is 10.1. The number of hydrogen-bond acceptors (Lipinski definition) is 4. The molecule has 0 spiro atoms. The molecule has 176 valence electrons. The predicted octanol–water partition coefficient (Wildman–Crippen LogP) is 6.73. The van der Waals surface area contributed by atoms with Gasteiger partial charge in [-0.3, -0.25) is 9.59 Å². The minimum absolute atomic E-state index is 0.167. The van der Waals surface area contributed by atoms with E-state index in [4.69, 9.17) is 4.74 Å². The Morgan fingerprint density at radius 3 is 2.31 bits per heavy atom. The van der Waals surface area contributed by atoms with Gasteiger partial charge in [0.15, 0.2) is 0 Å². The summed E-state index contributed by atoms with van der Waals surface area (Å²) < 4.78 is 5.38. The molecule has 6 heteroatoms.